The molecule has 0 aliphatic carbocycles. The van der Waals surface area contributed by atoms with Crippen molar-refractivity contribution >= 4 is 22.8 Å². The number of nitrogens with zero attached hydrogens (tertiary/aromatic N) is 4. The number of nitrogens with one attached hydrogen (secondary N) is 1. The fourth-order valence-electron chi connectivity index (χ4n) is 4.68. The van der Waals surface area contributed by atoms with Crippen LogP contribution in [0, 0.1) is 11.8 Å². The summed E-state index contributed by atoms with van der Waals surface area (Å²) in [5, 5.41) is 3.68. The molecule has 0 bridgehead atoms. The van der Waals surface area contributed by atoms with Gasteiger partial charge in [-0.05, 0) is 51.8 Å². The van der Waals surface area contributed by atoms with E-state index in [9.17, 15) is 4.79 Å². The number of benzene rings is 1. The Kier molecular flexibility index (Phi) is 6.36. The predicted molar refractivity (Wildman–Crippen MR) is 131 cm³/mol. The van der Waals surface area contributed by atoms with E-state index in [-0.39, 0.29) is 23.8 Å². The maximum atomic E-state index is 13.6. The number of nitrogens with two attached hydrogens (primary N) is 1. The first-order valence-corrected chi connectivity index (χ1v) is 11.3. The van der Waals surface area contributed by atoms with Gasteiger partial charge in [0.25, 0.3) is 5.91 Å². The molecule has 170 valence electrons. The first-order chi connectivity index (χ1) is 16.0. The van der Waals surface area contributed by atoms with Crippen molar-refractivity contribution < 1.29 is 4.79 Å². The minimum absolute atomic E-state index is 0.108. The van der Waals surface area contributed by atoms with Gasteiger partial charge in [-0.3, -0.25) is 4.79 Å². The molecular weight excluding hydrogens is 412 g/mol. The molecule has 2 aromatic heterocycles. The van der Waals surface area contributed by atoms with Gasteiger partial charge in [0.05, 0.1) is 23.0 Å². The van der Waals surface area contributed by atoms with Crippen molar-refractivity contribution in [1.29, 1.82) is 0 Å². The number of hydrogen-bond donors (Lipinski definition) is 2. The summed E-state index contributed by atoms with van der Waals surface area (Å²) in [6, 6.07) is 10.2. The van der Waals surface area contributed by atoms with Gasteiger partial charge in [0.1, 0.15) is 23.5 Å². The van der Waals surface area contributed by atoms with Gasteiger partial charge in [0, 0.05) is 12.6 Å². The van der Waals surface area contributed by atoms with E-state index in [1.54, 1.807) is 6.92 Å². The summed E-state index contributed by atoms with van der Waals surface area (Å²) >= 11 is 0. The van der Waals surface area contributed by atoms with Crippen molar-refractivity contribution in [3.05, 3.63) is 65.8 Å². The fourth-order valence-corrected chi connectivity index (χ4v) is 4.68. The molecule has 0 unspecified atom stereocenters. The molecule has 0 spiro atoms. The van der Waals surface area contributed by atoms with Gasteiger partial charge >= 0.3 is 0 Å². The van der Waals surface area contributed by atoms with Crippen LogP contribution in [0.3, 0.4) is 0 Å². The number of carbonyl (C=O) groups excluding carboxylic acids is 1. The Balaban J connectivity index is 1.83. The Morgan fingerprint density at radius 3 is 2.76 bits per heavy atom. The first-order valence-electron chi connectivity index (χ1n) is 11.3. The summed E-state index contributed by atoms with van der Waals surface area (Å²) in [5.41, 5.74) is 9.05. The van der Waals surface area contributed by atoms with Gasteiger partial charge in [0.15, 0.2) is 0 Å². The number of anilines is 1. The molecule has 3 N–H and O–H groups in total. The van der Waals surface area contributed by atoms with Gasteiger partial charge in [-0.25, -0.2) is 9.97 Å². The van der Waals surface area contributed by atoms with Crippen molar-refractivity contribution in [3.8, 4) is 11.8 Å². The average Bonchev–Trinajstić information content (AvgIpc) is 3.33. The summed E-state index contributed by atoms with van der Waals surface area (Å²) < 4.78 is 2.09. The summed E-state index contributed by atoms with van der Waals surface area (Å²) in [7, 11) is 0. The summed E-state index contributed by atoms with van der Waals surface area (Å²) in [4.78, 5) is 24.7. The lowest BCUT2D eigenvalue weighted by atomic mass is 10.1. The molecule has 1 aliphatic heterocycles. The summed E-state index contributed by atoms with van der Waals surface area (Å²) in [6.45, 7) is 8.76. The van der Waals surface area contributed by atoms with Crippen molar-refractivity contribution in [2.24, 2.45) is 0 Å². The van der Waals surface area contributed by atoms with Crippen molar-refractivity contribution in [2.45, 2.75) is 52.2 Å². The standard InChI is InChI=1S/C26H30N6O/c1-5-10-21-22(26(33)30-18(4)19-11-8-7-9-12-19)23-24(27)28-16-29-25(23)32(21)20-14-17(3)31(15-20)13-6-2/h6-9,11-13,16-18,20H,14-15H2,1-4H3,(H,30,33)(H2,27,28,29)/t17-,18+,20+/m0/s1. The largest absolute Gasteiger partial charge is 0.383 e. The molecule has 1 saturated heterocycles. The van der Waals surface area contributed by atoms with Crippen LogP contribution in [0.4, 0.5) is 5.82 Å². The Morgan fingerprint density at radius 2 is 2.06 bits per heavy atom. The second-order valence-electron chi connectivity index (χ2n) is 8.45. The van der Waals surface area contributed by atoms with E-state index in [1.807, 2.05) is 50.3 Å². The predicted octanol–water partition coefficient (Wildman–Crippen LogP) is 4.04. The first kappa shape index (κ1) is 22.4. The van der Waals surface area contributed by atoms with Gasteiger partial charge in [-0.1, -0.05) is 42.3 Å². The monoisotopic (exact) mass is 442 g/mol. The molecule has 0 saturated carbocycles. The second-order valence-corrected chi connectivity index (χ2v) is 8.45. The SMILES string of the molecule is CC#Cc1c(C(=O)N[C@H](C)c2ccccc2)c2c(N)ncnc2n1[C@@H]1C[C@H](C)N(C=CC)C1. The molecule has 3 atom stereocenters. The average molecular weight is 443 g/mol. The van der Waals surface area contributed by atoms with Crippen LogP contribution in [0.25, 0.3) is 11.0 Å². The Morgan fingerprint density at radius 1 is 1.30 bits per heavy atom. The zero-order chi connectivity index (χ0) is 23.5. The number of aromatic nitrogens is 3. The third-order valence-corrected chi connectivity index (χ3v) is 6.24. The highest BCUT2D eigenvalue weighted by molar-refractivity contribution is 6.11. The van der Waals surface area contributed by atoms with E-state index >= 15 is 0 Å². The molecule has 1 amide bonds. The topological polar surface area (TPSA) is 89.1 Å². The highest BCUT2D eigenvalue weighted by atomic mass is 16.1. The van der Waals surface area contributed by atoms with Gasteiger partial charge in [-0.15, -0.1) is 0 Å². The van der Waals surface area contributed by atoms with Crippen LogP contribution in [-0.2, 0) is 0 Å². The zero-order valence-electron chi connectivity index (χ0n) is 19.5. The van der Waals surface area contributed by atoms with Crippen LogP contribution in [-0.4, -0.2) is 37.9 Å². The van der Waals surface area contributed by atoms with E-state index in [0.29, 0.717) is 28.3 Å². The van der Waals surface area contributed by atoms with Gasteiger partial charge < -0.3 is 20.5 Å². The van der Waals surface area contributed by atoms with Gasteiger partial charge in [0.2, 0.25) is 0 Å². The zero-order valence-corrected chi connectivity index (χ0v) is 19.5. The number of amides is 1. The molecular formula is C26H30N6O. The molecule has 3 heterocycles. The Labute approximate surface area is 194 Å². The van der Waals surface area contributed by atoms with Crippen molar-refractivity contribution in [3.63, 3.8) is 0 Å². The number of hydrogen-bond acceptors (Lipinski definition) is 5. The quantitative estimate of drug-likeness (QED) is 0.582. The van der Waals surface area contributed by atoms with E-state index in [1.165, 1.54) is 6.33 Å². The van der Waals surface area contributed by atoms with Crippen LogP contribution >= 0.6 is 0 Å². The molecule has 1 aliphatic rings. The highest BCUT2D eigenvalue weighted by Crippen LogP contribution is 2.36. The van der Waals surface area contributed by atoms with Crippen LogP contribution < -0.4 is 11.1 Å². The van der Waals surface area contributed by atoms with Gasteiger partial charge in [-0.2, -0.15) is 0 Å². The molecule has 7 nitrogen and oxygen atoms in total. The van der Waals surface area contributed by atoms with Crippen LogP contribution in [0.5, 0.6) is 0 Å². The fraction of sp³-hybridized carbons (Fsp3) is 0.346. The molecule has 7 heteroatoms. The summed E-state index contributed by atoms with van der Waals surface area (Å²) in [5.74, 6) is 6.23. The van der Waals surface area contributed by atoms with Crippen LogP contribution in [0.15, 0.2) is 48.9 Å². The molecule has 1 fully saturated rings. The number of carbonyl (C=O) groups is 1. The number of rotatable bonds is 5. The van der Waals surface area contributed by atoms with Crippen LogP contribution in [0.2, 0.25) is 0 Å². The minimum atomic E-state index is -0.231. The smallest absolute Gasteiger partial charge is 0.255 e. The molecule has 4 rings (SSSR count). The lowest BCUT2D eigenvalue weighted by Gasteiger charge is -2.18. The molecule has 3 aromatic rings. The maximum absolute atomic E-state index is 13.6. The number of nitrogen functional groups attached to an aromatic ring is 1. The lowest BCUT2D eigenvalue weighted by Crippen LogP contribution is -2.27. The van der Waals surface area contributed by atoms with E-state index in [0.717, 1.165) is 18.5 Å². The number of fused-ring (bicyclic) bond motifs is 1. The lowest BCUT2D eigenvalue weighted by molar-refractivity contribution is 0.0941. The minimum Gasteiger partial charge on any atom is -0.383 e. The number of allylic oxidation sites excluding steroid dienone is 1. The maximum Gasteiger partial charge on any atom is 0.255 e. The van der Waals surface area contributed by atoms with Crippen molar-refractivity contribution in [1.82, 2.24) is 24.8 Å². The third-order valence-electron chi connectivity index (χ3n) is 6.24. The molecule has 33 heavy (non-hydrogen) atoms. The third kappa shape index (κ3) is 4.17. The van der Waals surface area contributed by atoms with Crippen molar-refractivity contribution in [2.75, 3.05) is 12.3 Å². The summed E-state index contributed by atoms with van der Waals surface area (Å²) in [6.07, 6.45) is 6.52. The van der Waals surface area contributed by atoms with E-state index < -0.39 is 0 Å². The number of likely N-dealkylation sites (tertiary alicyclic amines) is 1. The normalized spacial score (nSPS) is 19.0. The van der Waals surface area contributed by atoms with E-state index in [4.69, 9.17) is 5.73 Å². The van der Waals surface area contributed by atoms with E-state index in [2.05, 4.69) is 49.7 Å². The highest BCUT2D eigenvalue weighted by Gasteiger charge is 2.34. The van der Waals surface area contributed by atoms with Crippen LogP contribution in [0.1, 0.15) is 67.8 Å². The molecule has 0 radical (unpaired) electrons. The molecule has 1 aromatic carbocycles. The Hall–Kier alpha value is -3.79. The Bertz CT molecular complexity index is 1250. The second kappa shape index (κ2) is 9.37.